The smallest absolute Gasteiger partial charge is 0.135 e. The van der Waals surface area contributed by atoms with Crippen LogP contribution in [0.4, 0.5) is 0 Å². The van der Waals surface area contributed by atoms with Crippen molar-refractivity contribution in [2.24, 2.45) is 0 Å². The van der Waals surface area contributed by atoms with Crippen LogP contribution in [-0.4, -0.2) is 0 Å². The van der Waals surface area contributed by atoms with Crippen LogP contribution >= 0.6 is 0 Å². The summed E-state index contributed by atoms with van der Waals surface area (Å²) in [5.74, 6) is 1.83. The first-order valence-corrected chi connectivity index (χ1v) is 18.1. The summed E-state index contributed by atoms with van der Waals surface area (Å²) in [6.07, 6.45) is 0. The summed E-state index contributed by atoms with van der Waals surface area (Å²) in [7, 11) is 0. The van der Waals surface area contributed by atoms with Gasteiger partial charge in [0.2, 0.25) is 0 Å². The average Bonchev–Trinajstić information content (AvgIpc) is 3.67. The molecule has 0 saturated heterocycles. The molecule has 1 nitrogen and oxygen atoms in total. The predicted octanol–water partition coefficient (Wildman–Crippen LogP) is 13.4. The van der Waals surface area contributed by atoms with E-state index in [1.165, 1.54) is 93.9 Å². The molecule has 0 N–H and O–H groups in total. The molecule has 1 unspecified atom stereocenters. The van der Waals surface area contributed by atoms with Crippen molar-refractivity contribution in [1.29, 1.82) is 0 Å². The zero-order valence-corrected chi connectivity index (χ0v) is 28.2. The highest BCUT2D eigenvalue weighted by atomic mass is 16.5. The maximum atomic E-state index is 6.39. The second-order valence-corrected chi connectivity index (χ2v) is 14.3. The van der Waals surface area contributed by atoms with Crippen LogP contribution in [0.15, 0.2) is 182 Å². The summed E-state index contributed by atoms with van der Waals surface area (Å²) in [5, 5.41) is 4.94. The Morgan fingerprint density at radius 2 is 0.923 bits per heavy atom. The van der Waals surface area contributed by atoms with Crippen molar-refractivity contribution in [2.75, 3.05) is 0 Å². The van der Waals surface area contributed by atoms with Gasteiger partial charge in [0.1, 0.15) is 11.5 Å². The van der Waals surface area contributed by atoms with E-state index in [0.29, 0.717) is 0 Å². The van der Waals surface area contributed by atoms with Crippen LogP contribution in [0.25, 0.3) is 77.2 Å². The monoisotopic (exact) mass is 658 g/mol. The van der Waals surface area contributed by atoms with E-state index >= 15 is 0 Å². The third-order valence-electron chi connectivity index (χ3n) is 11.9. The molecule has 1 aliphatic heterocycles. The Bertz CT molecular complexity index is 2990. The summed E-state index contributed by atoms with van der Waals surface area (Å²) in [6, 6.07) is 67.3. The number of para-hydroxylation sites is 1. The fourth-order valence-electron chi connectivity index (χ4n) is 9.77. The van der Waals surface area contributed by atoms with Gasteiger partial charge in [-0.3, -0.25) is 0 Å². The van der Waals surface area contributed by atoms with Crippen molar-refractivity contribution in [3.8, 4) is 67.1 Å². The van der Waals surface area contributed by atoms with Crippen LogP contribution in [0.3, 0.4) is 0 Å². The number of hydrogen-bond donors (Lipinski definition) is 0. The van der Waals surface area contributed by atoms with Crippen molar-refractivity contribution in [3.63, 3.8) is 0 Å². The van der Waals surface area contributed by atoms with Gasteiger partial charge in [-0.2, -0.15) is 0 Å². The number of rotatable bonds is 2. The lowest BCUT2D eigenvalue weighted by molar-refractivity contribution is 0.487. The fraction of sp³-hybridized carbons (Fsp3) is 0.0196. The predicted molar refractivity (Wildman–Crippen MR) is 214 cm³/mol. The lowest BCUT2D eigenvalue weighted by Gasteiger charge is -2.30. The highest BCUT2D eigenvalue weighted by Crippen LogP contribution is 2.64. The van der Waals surface area contributed by atoms with E-state index in [-0.39, 0.29) is 5.41 Å². The Morgan fingerprint density at radius 1 is 0.327 bits per heavy atom. The Balaban J connectivity index is 1.05. The third-order valence-corrected chi connectivity index (χ3v) is 11.9. The summed E-state index contributed by atoms with van der Waals surface area (Å²) in [5.41, 5.74) is 17.7. The molecule has 0 bridgehead atoms. The van der Waals surface area contributed by atoms with Crippen molar-refractivity contribution in [2.45, 2.75) is 5.41 Å². The molecule has 240 valence electrons. The molecule has 12 rings (SSSR count). The summed E-state index contributed by atoms with van der Waals surface area (Å²) in [4.78, 5) is 0. The molecule has 0 amide bonds. The normalized spacial score (nSPS) is 15.5. The van der Waals surface area contributed by atoms with Gasteiger partial charge >= 0.3 is 0 Å². The molecular weight excluding hydrogens is 629 g/mol. The van der Waals surface area contributed by atoms with Gasteiger partial charge in [0.15, 0.2) is 0 Å². The molecule has 0 saturated carbocycles. The number of ether oxygens (including phenoxy) is 1. The molecule has 9 aromatic rings. The molecule has 52 heavy (non-hydrogen) atoms. The summed E-state index contributed by atoms with van der Waals surface area (Å²) >= 11 is 0. The van der Waals surface area contributed by atoms with Gasteiger partial charge in [-0.25, -0.2) is 0 Å². The van der Waals surface area contributed by atoms with E-state index in [4.69, 9.17) is 4.74 Å². The van der Waals surface area contributed by atoms with E-state index in [1.54, 1.807) is 0 Å². The second kappa shape index (κ2) is 10.2. The lowest BCUT2D eigenvalue weighted by atomic mass is 9.70. The standard InChI is InChI=1S/C51H30O/c1-2-12-34-30-46-42(29-33(34)11-1)37-13-3-6-19-43(37)51(46)44-20-7-4-15-41(44)49-36(16-10-21-45(49)51)32-25-23-31(24-26-32)35-27-28-48-50-39(35)17-9-18-40(50)38-14-5-8-22-47(38)52-48/h1-30H. The Hall–Kier alpha value is -6.70. The fourth-order valence-corrected chi connectivity index (χ4v) is 9.77. The Morgan fingerprint density at radius 3 is 1.75 bits per heavy atom. The summed E-state index contributed by atoms with van der Waals surface area (Å²) in [6.45, 7) is 0. The minimum atomic E-state index is -0.387. The maximum Gasteiger partial charge on any atom is 0.135 e. The molecule has 0 aromatic heterocycles. The largest absolute Gasteiger partial charge is 0.456 e. The van der Waals surface area contributed by atoms with Crippen LogP contribution in [0.5, 0.6) is 11.5 Å². The third kappa shape index (κ3) is 3.52. The molecule has 0 fully saturated rings. The van der Waals surface area contributed by atoms with Gasteiger partial charge in [-0.1, -0.05) is 158 Å². The maximum absolute atomic E-state index is 6.39. The molecule has 3 aliphatic rings. The average molecular weight is 659 g/mol. The zero-order chi connectivity index (χ0) is 34.0. The molecule has 1 heterocycles. The quantitative estimate of drug-likeness (QED) is 0.180. The first-order valence-electron chi connectivity index (χ1n) is 18.1. The minimum Gasteiger partial charge on any atom is -0.456 e. The molecule has 1 spiro atoms. The van der Waals surface area contributed by atoms with Gasteiger partial charge in [0.05, 0.1) is 5.41 Å². The van der Waals surface area contributed by atoms with Crippen LogP contribution in [0.2, 0.25) is 0 Å². The van der Waals surface area contributed by atoms with E-state index in [2.05, 4.69) is 176 Å². The molecule has 2 aliphatic carbocycles. The summed E-state index contributed by atoms with van der Waals surface area (Å²) < 4.78 is 6.39. The van der Waals surface area contributed by atoms with E-state index in [1.807, 2.05) is 6.07 Å². The van der Waals surface area contributed by atoms with Crippen molar-refractivity contribution < 1.29 is 4.74 Å². The second-order valence-electron chi connectivity index (χ2n) is 14.3. The SMILES string of the molecule is c1ccc2c(c1)Oc1ccc(-c3ccc(-c4cccc5c4-c4ccccc4C54c5ccccc5-c5cc6ccccc6cc54)cc3)c3cccc-2c13. The van der Waals surface area contributed by atoms with Crippen molar-refractivity contribution in [1.82, 2.24) is 0 Å². The van der Waals surface area contributed by atoms with E-state index < -0.39 is 0 Å². The van der Waals surface area contributed by atoms with Gasteiger partial charge in [-0.15, -0.1) is 0 Å². The Kier molecular flexibility index (Phi) is 5.49. The Labute approximate surface area is 302 Å². The highest BCUT2D eigenvalue weighted by molar-refractivity contribution is 6.10. The molecule has 0 radical (unpaired) electrons. The van der Waals surface area contributed by atoms with Gasteiger partial charge in [-0.05, 0) is 113 Å². The van der Waals surface area contributed by atoms with Gasteiger partial charge < -0.3 is 4.74 Å². The van der Waals surface area contributed by atoms with E-state index in [0.717, 1.165) is 17.1 Å². The molecule has 1 atom stereocenters. The highest BCUT2D eigenvalue weighted by Gasteiger charge is 2.52. The van der Waals surface area contributed by atoms with Crippen LogP contribution in [0, 0.1) is 0 Å². The molecule has 9 aromatic carbocycles. The van der Waals surface area contributed by atoms with Crippen molar-refractivity contribution in [3.05, 3.63) is 204 Å². The zero-order valence-electron chi connectivity index (χ0n) is 28.2. The number of fused-ring (bicyclic) bond motifs is 13. The van der Waals surface area contributed by atoms with Crippen LogP contribution in [0.1, 0.15) is 22.3 Å². The molecular formula is C51H30O. The van der Waals surface area contributed by atoms with Gasteiger partial charge in [0.25, 0.3) is 0 Å². The number of hydrogen-bond acceptors (Lipinski definition) is 1. The van der Waals surface area contributed by atoms with E-state index in [9.17, 15) is 0 Å². The van der Waals surface area contributed by atoms with Crippen LogP contribution < -0.4 is 4.74 Å². The first-order chi connectivity index (χ1) is 25.8. The van der Waals surface area contributed by atoms with Gasteiger partial charge in [0, 0.05) is 10.9 Å². The topological polar surface area (TPSA) is 9.23 Å². The van der Waals surface area contributed by atoms with Crippen molar-refractivity contribution >= 4 is 21.5 Å². The van der Waals surface area contributed by atoms with Crippen LogP contribution in [-0.2, 0) is 5.41 Å². The first kappa shape index (κ1) is 28.0. The lowest BCUT2D eigenvalue weighted by Crippen LogP contribution is -2.25. The minimum absolute atomic E-state index is 0.387. The molecule has 1 heteroatoms. The number of benzene rings is 9.